The van der Waals surface area contributed by atoms with Crippen LogP contribution in [-0.2, 0) is 6.67 Å². The highest BCUT2D eigenvalue weighted by Crippen LogP contribution is 2.23. The Morgan fingerprint density at radius 1 is 1.38 bits per heavy atom. The van der Waals surface area contributed by atoms with Crippen LogP contribution in [0.3, 0.4) is 0 Å². The van der Waals surface area contributed by atoms with E-state index in [9.17, 15) is 4.39 Å². The number of alkyl halides is 1. The molecule has 0 aliphatic rings. The van der Waals surface area contributed by atoms with Gasteiger partial charge < -0.3 is 4.98 Å². The fourth-order valence-electron chi connectivity index (χ4n) is 1.60. The van der Waals surface area contributed by atoms with E-state index in [1.54, 1.807) is 6.20 Å². The lowest BCUT2D eigenvalue weighted by Gasteiger charge is -2.02. The number of aryl methyl sites for hydroxylation is 2. The Morgan fingerprint density at radius 3 is 2.85 bits per heavy atom. The van der Waals surface area contributed by atoms with Gasteiger partial charge in [-0.2, -0.15) is 0 Å². The molecule has 1 N–H and O–H groups in total. The van der Waals surface area contributed by atoms with Crippen molar-refractivity contribution in [3.05, 3.63) is 29.1 Å². The van der Waals surface area contributed by atoms with Crippen LogP contribution in [0.4, 0.5) is 4.39 Å². The molecule has 2 nitrogen and oxygen atoms in total. The molecular formula is C10H11FN2. The molecule has 68 valence electrons. The van der Waals surface area contributed by atoms with Crippen LogP contribution in [0.25, 0.3) is 11.0 Å². The number of hydrogen-bond donors (Lipinski definition) is 1. The number of nitrogens with one attached hydrogen (secondary N) is 1. The van der Waals surface area contributed by atoms with Gasteiger partial charge in [0, 0.05) is 17.8 Å². The minimum absolute atomic E-state index is 0.427. The smallest absolute Gasteiger partial charge is 0.137 e. The van der Waals surface area contributed by atoms with E-state index in [-0.39, 0.29) is 0 Å². The number of aromatic nitrogens is 2. The number of H-pyrrole nitrogens is 1. The van der Waals surface area contributed by atoms with E-state index in [1.165, 1.54) is 0 Å². The minimum Gasteiger partial charge on any atom is -0.346 e. The second-order valence-corrected chi connectivity index (χ2v) is 3.25. The highest BCUT2D eigenvalue weighted by Gasteiger charge is 2.08. The molecule has 0 atom stereocenters. The van der Waals surface area contributed by atoms with E-state index in [0.717, 1.165) is 27.7 Å². The third kappa shape index (κ3) is 1.11. The van der Waals surface area contributed by atoms with E-state index in [2.05, 4.69) is 9.97 Å². The predicted octanol–water partition coefficient (Wildman–Crippen LogP) is 2.65. The van der Waals surface area contributed by atoms with Crippen molar-refractivity contribution < 1.29 is 4.39 Å². The molecule has 0 radical (unpaired) electrons. The van der Waals surface area contributed by atoms with Gasteiger partial charge in [-0.05, 0) is 30.5 Å². The maximum Gasteiger partial charge on any atom is 0.137 e. The number of fused-ring (bicyclic) bond motifs is 1. The molecule has 0 saturated carbocycles. The summed E-state index contributed by atoms with van der Waals surface area (Å²) in [6, 6.07) is 0. The molecular weight excluding hydrogens is 167 g/mol. The zero-order valence-corrected chi connectivity index (χ0v) is 7.69. The monoisotopic (exact) mass is 178 g/mol. The molecule has 0 unspecified atom stereocenters. The van der Waals surface area contributed by atoms with Crippen molar-refractivity contribution in [1.82, 2.24) is 9.97 Å². The van der Waals surface area contributed by atoms with Gasteiger partial charge in [0.05, 0.1) is 0 Å². The highest BCUT2D eigenvalue weighted by atomic mass is 19.1. The van der Waals surface area contributed by atoms with Gasteiger partial charge in [0.15, 0.2) is 0 Å². The largest absolute Gasteiger partial charge is 0.346 e. The minimum atomic E-state index is -0.427. The molecule has 2 aromatic heterocycles. The van der Waals surface area contributed by atoms with Crippen molar-refractivity contribution in [2.24, 2.45) is 0 Å². The fraction of sp³-hybridized carbons (Fsp3) is 0.300. The third-order valence-corrected chi connectivity index (χ3v) is 2.36. The van der Waals surface area contributed by atoms with Crippen molar-refractivity contribution in [2.45, 2.75) is 20.5 Å². The van der Waals surface area contributed by atoms with E-state index >= 15 is 0 Å². The molecule has 13 heavy (non-hydrogen) atoms. The normalized spacial score (nSPS) is 11.0. The Kier molecular flexibility index (Phi) is 1.79. The summed E-state index contributed by atoms with van der Waals surface area (Å²) in [4.78, 5) is 7.20. The van der Waals surface area contributed by atoms with Crippen LogP contribution in [0.1, 0.15) is 16.7 Å². The standard InChI is InChI=1S/C10H11FN2/c1-6-4-12-10-9(8(6)3-11)7(2)5-13-10/h4-5H,3H2,1-2H3,(H,12,13). The molecule has 0 aliphatic heterocycles. The Hall–Kier alpha value is -1.38. The lowest BCUT2D eigenvalue weighted by molar-refractivity contribution is 0.486. The molecule has 0 spiro atoms. The number of halogens is 1. The lowest BCUT2D eigenvalue weighted by Crippen LogP contribution is -1.90. The van der Waals surface area contributed by atoms with Crippen molar-refractivity contribution in [3.63, 3.8) is 0 Å². The summed E-state index contributed by atoms with van der Waals surface area (Å²) in [5, 5.41) is 0.933. The maximum absolute atomic E-state index is 12.7. The van der Waals surface area contributed by atoms with Gasteiger partial charge in [-0.3, -0.25) is 0 Å². The summed E-state index contributed by atoms with van der Waals surface area (Å²) in [7, 11) is 0. The molecule has 0 saturated heterocycles. The summed E-state index contributed by atoms with van der Waals surface area (Å²) in [5.74, 6) is 0. The van der Waals surface area contributed by atoms with Crippen LogP contribution >= 0.6 is 0 Å². The average molecular weight is 178 g/mol. The molecule has 0 fully saturated rings. The second-order valence-electron chi connectivity index (χ2n) is 3.25. The second kappa shape index (κ2) is 2.83. The van der Waals surface area contributed by atoms with E-state index in [4.69, 9.17) is 0 Å². The first-order valence-electron chi connectivity index (χ1n) is 4.22. The Morgan fingerprint density at radius 2 is 2.15 bits per heavy atom. The molecule has 0 aliphatic carbocycles. The summed E-state index contributed by atoms with van der Waals surface area (Å²) < 4.78 is 12.7. The third-order valence-electron chi connectivity index (χ3n) is 2.36. The number of pyridine rings is 1. The molecule has 0 bridgehead atoms. The van der Waals surface area contributed by atoms with Crippen LogP contribution in [0.2, 0.25) is 0 Å². The topological polar surface area (TPSA) is 28.7 Å². The van der Waals surface area contributed by atoms with E-state index in [0.29, 0.717) is 0 Å². The molecule has 0 amide bonds. The number of nitrogens with zero attached hydrogens (tertiary/aromatic N) is 1. The first-order chi connectivity index (χ1) is 6.24. The van der Waals surface area contributed by atoms with Crippen LogP contribution in [0.15, 0.2) is 12.4 Å². The van der Waals surface area contributed by atoms with Gasteiger partial charge in [0.2, 0.25) is 0 Å². The fourth-order valence-corrected chi connectivity index (χ4v) is 1.60. The van der Waals surface area contributed by atoms with E-state index in [1.807, 2.05) is 20.0 Å². The van der Waals surface area contributed by atoms with Gasteiger partial charge in [-0.15, -0.1) is 0 Å². The van der Waals surface area contributed by atoms with E-state index < -0.39 is 6.67 Å². The maximum atomic E-state index is 12.7. The zero-order valence-electron chi connectivity index (χ0n) is 7.69. The SMILES string of the molecule is Cc1cnc2[nH]cc(C)c2c1CF. The van der Waals surface area contributed by atoms with Gasteiger partial charge in [-0.25, -0.2) is 9.37 Å². The molecule has 0 aromatic carbocycles. The Bertz CT molecular complexity index is 445. The number of hydrogen-bond acceptors (Lipinski definition) is 1. The van der Waals surface area contributed by atoms with Gasteiger partial charge in [0.25, 0.3) is 0 Å². The van der Waals surface area contributed by atoms with Crippen LogP contribution in [0, 0.1) is 13.8 Å². The summed E-state index contributed by atoms with van der Waals surface area (Å²) >= 11 is 0. The molecule has 2 aromatic rings. The van der Waals surface area contributed by atoms with Gasteiger partial charge >= 0.3 is 0 Å². The number of aromatic amines is 1. The van der Waals surface area contributed by atoms with Crippen molar-refractivity contribution >= 4 is 11.0 Å². The first kappa shape index (κ1) is 8.23. The van der Waals surface area contributed by atoms with Crippen LogP contribution < -0.4 is 0 Å². The molecule has 2 rings (SSSR count). The molecule has 2 heterocycles. The molecule has 3 heteroatoms. The van der Waals surface area contributed by atoms with Crippen LogP contribution in [0.5, 0.6) is 0 Å². The highest BCUT2D eigenvalue weighted by molar-refractivity contribution is 5.83. The Labute approximate surface area is 75.8 Å². The van der Waals surface area contributed by atoms with Crippen molar-refractivity contribution in [3.8, 4) is 0 Å². The van der Waals surface area contributed by atoms with Crippen molar-refractivity contribution in [2.75, 3.05) is 0 Å². The zero-order chi connectivity index (χ0) is 9.42. The van der Waals surface area contributed by atoms with Gasteiger partial charge in [-0.1, -0.05) is 0 Å². The summed E-state index contributed by atoms with van der Waals surface area (Å²) in [6.45, 7) is 3.41. The predicted molar refractivity (Wildman–Crippen MR) is 50.4 cm³/mol. The quantitative estimate of drug-likeness (QED) is 0.714. The van der Waals surface area contributed by atoms with Gasteiger partial charge in [0.1, 0.15) is 12.3 Å². The lowest BCUT2D eigenvalue weighted by atomic mass is 10.1. The first-order valence-corrected chi connectivity index (χ1v) is 4.22. The summed E-state index contributed by atoms with van der Waals surface area (Å²) in [6.07, 6.45) is 3.56. The average Bonchev–Trinajstić information content (AvgIpc) is 2.49. The Balaban J connectivity index is 2.88. The van der Waals surface area contributed by atoms with Crippen LogP contribution in [-0.4, -0.2) is 9.97 Å². The summed E-state index contributed by atoms with van der Waals surface area (Å²) in [5.41, 5.74) is 3.50. The number of rotatable bonds is 1. The van der Waals surface area contributed by atoms with Crippen molar-refractivity contribution in [1.29, 1.82) is 0 Å².